The van der Waals surface area contributed by atoms with Crippen LogP contribution in [0.4, 0.5) is 11.4 Å². The highest BCUT2D eigenvalue weighted by Crippen LogP contribution is 2.24. The molecule has 0 saturated heterocycles. The molecule has 0 spiro atoms. The van der Waals surface area contributed by atoms with Crippen LogP contribution in [-0.2, 0) is 9.59 Å². The number of Topliss-reactive ketones (excluding diaryl/α,β-unsaturated/α-hetero) is 1. The minimum atomic E-state index is -0.333. The van der Waals surface area contributed by atoms with Gasteiger partial charge in [-0.2, -0.15) is 0 Å². The first-order chi connectivity index (χ1) is 13.3. The molecule has 0 aliphatic rings. The van der Waals surface area contributed by atoms with Crippen molar-refractivity contribution >= 4 is 44.9 Å². The molecule has 0 aromatic heterocycles. The summed E-state index contributed by atoms with van der Waals surface area (Å²) in [5.74, 6) is -0.371. The molecule has 2 aromatic rings. The van der Waals surface area contributed by atoms with E-state index < -0.39 is 0 Å². The fourth-order valence-electron chi connectivity index (χ4n) is 2.56. The molecule has 2 aromatic carbocycles. The van der Waals surface area contributed by atoms with E-state index in [0.29, 0.717) is 29.1 Å². The van der Waals surface area contributed by atoms with Crippen molar-refractivity contribution < 1.29 is 19.1 Å². The first-order valence-electron chi connectivity index (χ1n) is 8.93. The van der Waals surface area contributed by atoms with E-state index in [1.54, 1.807) is 24.3 Å². The van der Waals surface area contributed by atoms with Crippen LogP contribution < -0.4 is 15.4 Å². The maximum atomic E-state index is 12.2. The maximum Gasteiger partial charge on any atom is 0.262 e. The second-order valence-electron chi connectivity index (χ2n) is 6.36. The molecule has 0 unspecified atom stereocenters. The number of hydrogen-bond donors (Lipinski definition) is 2. The number of carbonyl (C=O) groups is 3. The number of aryl methyl sites for hydroxylation is 1. The van der Waals surface area contributed by atoms with Crippen molar-refractivity contribution in [2.24, 2.45) is 0 Å². The average molecular weight is 447 g/mol. The molecule has 0 aliphatic carbocycles. The third-order valence-electron chi connectivity index (χ3n) is 3.94. The number of ether oxygens (including phenoxy) is 1. The predicted molar refractivity (Wildman–Crippen MR) is 113 cm³/mol. The molecule has 2 N–H and O–H groups in total. The topological polar surface area (TPSA) is 84.5 Å². The predicted octanol–water partition coefficient (Wildman–Crippen LogP) is 4.72. The third kappa shape index (κ3) is 6.20. The van der Waals surface area contributed by atoms with Gasteiger partial charge in [0.25, 0.3) is 5.91 Å². The second-order valence-corrected chi connectivity index (χ2v) is 7.28. The zero-order chi connectivity index (χ0) is 20.7. The Hall–Kier alpha value is -2.67. The van der Waals surface area contributed by atoms with E-state index in [1.165, 1.54) is 6.92 Å². The van der Waals surface area contributed by atoms with E-state index in [0.717, 1.165) is 16.5 Å². The van der Waals surface area contributed by atoms with Gasteiger partial charge in [-0.1, -0.05) is 22.9 Å². The number of rotatable bonds is 8. The van der Waals surface area contributed by atoms with Gasteiger partial charge in [-0.3, -0.25) is 14.4 Å². The summed E-state index contributed by atoms with van der Waals surface area (Å²) in [6.07, 6.45) is 1.14. The van der Waals surface area contributed by atoms with Gasteiger partial charge in [-0.05, 0) is 62.2 Å². The molecular formula is C21H23BrN2O4. The quantitative estimate of drug-likeness (QED) is 0.574. The van der Waals surface area contributed by atoms with Crippen molar-refractivity contribution in [3.8, 4) is 5.75 Å². The summed E-state index contributed by atoms with van der Waals surface area (Å²) in [7, 11) is 0. The SMILES string of the molecule is CCCC(=O)Nc1ccc(OCC(=O)Nc2ccc(Br)cc2C)c(C(C)=O)c1. The maximum absolute atomic E-state index is 12.2. The molecule has 148 valence electrons. The monoisotopic (exact) mass is 446 g/mol. The Morgan fingerprint density at radius 2 is 1.79 bits per heavy atom. The molecule has 0 radical (unpaired) electrons. The summed E-state index contributed by atoms with van der Waals surface area (Å²) in [4.78, 5) is 35.9. The van der Waals surface area contributed by atoms with Crippen LogP contribution in [-0.4, -0.2) is 24.2 Å². The molecule has 2 rings (SSSR count). The number of halogens is 1. The molecule has 2 amide bonds. The Labute approximate surface area is 172 Å². The highest BCUT2D eigenvalue weighted by atomic mass is 79.9. The van der Waals surface area contributed by atoms with Gasteiger partial charge in [0.2, 0.25) is 5.91 Å². The van der Waals surface area contributed by atoms with Crippen LogP contribution in [0.3, 0.4) is 0 Å². The molecule has 0 fully saturated rings. The van der Waals surface area contributed by atoms with Crippen molar-refractivity contribution in [3.63, 3.8) is 0 Å². The molecule has 0 saturated carbocycles. The lowest BCUT2D eigenvalue weighted by molar-refractivity contribution is -0.118. The van der Waals surface area contributed by atoms with Gasteiger partial charge < -0.3 is 15.4 Å². The zero-order valence-corrected chi connectivity index (χ0v) is 17.7. The van der Waals surface area contributed by atoms with E-state index in [9.17, 15) is 14.4 Å². The Kier molecular flexibility index (Phi) is 7.75. The van der Waals surface area contributed by atoms with Crippen LogP contribution in [0.25, 0.3) is 0 Å². The summed E-state index contributed by atoms with van der Waals surface area (Å²) in [6.45, 7) is 4.97. The van der Waals surface area contributed by atoms with Crippen LogP contribution in [0, 0.1) is 6.92 Å². The summed E-state index contributed by atoms with van der Waals surface area (Å²) in [6, 6.07) is 10.3. The number of hydrogen-bond acceptors (Lipinski definition) is 4. The summed E-state index contributed by atoms with van der Waals surface area (Å²) in [5, 5.41) is 5.52. The van der Waals surface area contributed by atoms with Crippen molar-refractivity contribution in [1.29, 1.82) is 0 Å². The first kappa shape index (κ1) is 21.6. The number of nitrogens with one attached hydrogen (secondary N) is 2. The minimum Gasteiger partial charge on any atom is -0.483 e. The summed E-state index contributed by atoms with van der Waals surface area (Å²) < 4.78 is 6.48. The zero-order valence-electron chi connectivity index (χ0n) is 16.1. The van der Waals surface area contributed by atoms with Crippen molar-refractivity contribution in [3.05, 3.63) is 52.0 Å². The largest absolute Gasteiger partial charge is 0.483 e. The van der Waals surface area contributed by atoms with Gasteiger partial charge in [0.1, 0.15) is 5.75 Å². The second kappa shape index (κ2) is 10.0. The lowest BCUT2D eigenvalue weighted by atomic mass is 10.1. The van der Waals surface area contributed by atoms with Crippen LogP contribution >= 0.6 is 15.9 Å². The molecule has 6 nitrogen and oxygen atoms in total. The Morgan fingerprint density at radius 3 is 2.43 bits per heavy atom. The number of ketones is 1. The van der Waals surface area contributed by atoms with E-state index in [4.69, 9.17) is 4.74 Å². The molecule has 0 heterocycles. The van der Waals surface area contributed by atoms with E-state index >= 15 is 0 Å². The normalized spacial score (nSPS) is 10.3. The smallest absolute Gasteiger partial charge is 0.262 e. The minimum absolute atomic E-state index is 0.116. The average Bonchev–Trinajstić information content (AvgIpc) is 2.63. The molecule has 0 bridgehead atoms. The van der Waals surface area contributed by atoms with Crippen LogP contribution in [0.2, 0.25) is 0 Å². The molecule has 7 heteroatoms. The Balaban J connectivity index is 2.05. The highest BCUT2D eigenvalue weighted by Gasteiger charge is 2.13. The van der Waals surface area contributed by atoms with Crippen molar-refractivity contribution in [2.45, 2.75) is 33.6 Å². The Bertz CT molecular complexity index is 896. The lowest BCUT2D eigenvalue weighted by Crippen LogP contribution is -2.21. The molecular weight excluding hydrogens is 424 g/mol. The Morgan fingerprint density at radius 1 is 1.04 bits per heavy atom. The fourth-order valence-corrected chi connectivity index (χ4v) is 3.03. The van der Waals surface area contributed by atoms with Crippen LogP contribution in [0.15, 0.2) is 40.9 Å². The van der Waals surface area contributed by atoms with Gasteiger partial charge in [-0.15, -0.1) is 0 Å². The lowest BCUT2D eigenvalue weighted by Gasteiger charge is -2.13. The standard InChI is InChI=1S/C21H23BrN2O4/c1-4-5-20(26)23-16-7-9-19(17(11-16)14(3)25)28-12-21(27)24-18-8-6-15(22)10-13(18)2/h6-11H,4-5,12H2,1-3H3,(H,23,26)(H,24,27). The van der Waals surface area contributed by atoms with Crippen LogP contribution in [0.1, 0.15) is 42.6 Å². The van der Waals surface area contributed by atoms with Gasteiger partial charge in [0, 0.05) is 22.3 Å². The molecule has 0 atom stereocenters. The van der Waals surface area contributed by atoms with Crippen molar-refractivity contribution in [2.75, 3.05) is 17.2 Å². The van der Waals surface area contributed by atoms with Gasteiger partial charge >= 0.3 is 0 Å². The highest BCUT2D eigenvalue weighted by molar-refractivity contribution is 9.10. The first-order valence-corrected chi connectivity index (χ1v) is 9.73. The number of anilines is 2. The van der Waals surface area contributed by atoms with E-state index in [2.05, 4.69) is 26.6 Å². The van der Waals surface area contributed by atoms with Gasteiger partial charge in [0.15, 0.2) is 12.4 Å². The third-order valence-corrected chi connectivity index (χ3v) is 4.43. The fraction of sp³-hybridized carbons (Fsp3) is 0.286. The van der Waals surface area contributed by atoms with Crippen molar-refractivity contribution in [1.82, 2.24) is 0 Å². The number of amides is 2. The number of carbonyl (C=O) groups excluding carboxylic acids is 3. The summed E-state index contributed by atoms with van der Waals surface area (Å²) in [5.41, 5.74) is 2.43. The molecule has 28 heavy (non-hydrogen) atoms. The van der Waals surface area contributed by atoms with Crippen LogP contribution in [0.5, 0.6) is 5.75 Å². The summed E-state index contributed by atoms with van der Waals surface area (Å²) >= 11 is 3.38. The van der Waals surface area contributed by atoms with E-state index in [-0.39, 0.29) is 24.2 Å². The molecule has 0 aliphatic heterocycles. The van der Waals surface area contributed by atoms with Gasteiger partial charge in [-0.25, -0.2) is 0 Å². The van der Waals surface area contributed by atoms with Gasteiger partial charge in [0.05, 0.1) is 5.56 Å². The van der Waals surface area contributed by atoms with E-state index in [1.807, 2.05) is 26.0 Å². The number of benzene rings is 2.